The molecule has 0 unspecified atom stereocenters. The van der Waals surface area contributed by atoms with E-state index in [1.54, 1.807) is 17.4 Å². The Bertz CT molecular complexity index is 756. The third-order valence-electron chi connectivity index (χ3n) is 5.20. The van der Waals surface area contributed by atoms with Gasteiger partial charge in [0.25, 0.3) is 5.91 Å². The molecule has 1 aliphatic heterocycles. The second-order valence-corrected chi connectivity index (χ2v) is 7.79. The third kappa shape index (κ3) is 2.84. The van der Waals surface area contributed by atoms with Gasteiger partial charge in [0.2, 0.25) is 0 Å². The summed E-state index contributed by atoms with van der Waals surface area (Å²) in [6, 6.07) is 4.42. The Kier molecular flexibility index (Phi) is 4.10. The van der Waals surface area contributed by atoms with Crippen LogP contribution in [-0.4, -0.2) is 39.9 Å². The fraction of sp³-hybridized carbons (Fsp3) is 0.500. The van der Waals surface area contributed by atoms with Crippen LogP contribution in [0, 0.1) is 6.92 Å². The summed E-state index contributed by atoms with van der Waals surface area (Å²) in [4.78, 5) is 24.8. The minimum absolute atomic E-state index is 0.433. The van der Waals surface area contributed by atoms with Crippen LogP contribution in [0.3, 0.4) is 0 Å². The zero-order valence-electron chi connectivity index (χ0n) is 13.9. The molecule has 2 aromatic rings. The highest BCUT2D eigenvalue weighted by molar-refractivity contribution is 7.15. The van der Waals surface area contributed by atoms with Crippen LogP contribution in [0.5, 0.6) is 0 Å². The van der Waals surface area contributed by atoms with E-state index in [1.165, 1.54) is 29.8 Å². The van der Waals surface area contributed by atoms with E-state index in [0.29, 0.717) is 11.3 Å². The smallest absolute Gasteiger partial charge is 0.250 e. The van der Waals surface area contributed by atoms with Gasteiger partial charge in [-0.05, 0) is 38.3 Å². The van der Waals surface area contributed by atoms with Gasteiger partial charge in [-0.3, -0.25) is 9.69 Å². The molecule has 0 bridgehead atoms. The standard InChI is InChI=1S/C18H22N4OS/c1-11-13(17(19)23)5-6-15(20-11)18-21-14-7-9-22(12-3-2-4-12)10-8-16(14)24-18/h5-6,12H,2-4,7-10H2,1H3,(H2,19,23). The van der Waals surface area contributed by atoms with E-state index in [-0.39, 0.29) is 0 Å². The van der Waals surface area contributed by atoms with Gasteiger partial charge in [0.15, 0.2) is 0 Å². The molecule has 1 amide bonds. The second kappa shape index (κ2) is 6.26. The minimum atomic E-state index is -0.433. The number of nitrogens with two attached hydrogens (primary N) is 1. The van der Waals surface area contributed by atoms with Gasteiger partial charge in [-0.15, -0.1) is 11.3 Å². The SMILES string of the molecule is Cc1nc(-c2nc3c(s2)CCN(C2CCC2)CC3)ccc1C(N)=O. The van der Waals surface area contributed by atoms with Crippen LogP contribution >= 0.6 is 11.3 Å². The summed E-state index contributed by atoms with van der Waals surface area (Å²) in [5, 5.41) is 0.955. The van der Waals surface area contributed by atoms with Gasteiger partial charge in [-0.2, -0.15) is 0 Å². The number of primary amides is 1. The number of thiazole rings is 1. The second-order valence-electron chi connectivity index (χ2n) is 6.70. The number of rotatable bonds is 3. The number of pyridine rings is 1. The number of aromatic nitrogens is 2. The maximum atomic E-state index is 11.3. The topological polar surface area (TPSA) is 72.1 Å². The first-order valence-corrected chi connectivity index (χ1v) is 9.44. The van der Waals surface area contributed by atoms with E-state index in [1.807, 2.05) is 13.0 Å². The summed E-state index contributed by atoms with van der Waals surface area (Å²) in [6.07, 6.45) is 6.23. The summed E-state index contributed by atoms with van der Waals surface area (Å²) in [6.45, 7) is 4.08. The summed E-state index contributed by atoms with van der Waals surface area (Å²) in [5.41, 5.74) is 8.58. The number of aryl methyl sites for hydroxylation is 1. The molecule has 5 nitrogen and oxygen atoms in total. The van der Waals surface area contributed by atoms with Crippen molar-refractivity contribution < 1.29 is 4.79 Å². The molecular formula is C18H22N4OS. The fourth-order valence-electron chi connectivity index (χ4n) is 3.55. The first-order valence-electron chi connectivity index (χ1n) is 8.62. The number of carbonyl (C=O) groups is 1. The largest absolute Gasteiger partial charge is 0.366 e. The third-order valence-corrected chi connectivity index (χ3v) is 6.38. The quantitative estimate of drug-likeness (QED) is 0.930. The van der Waals surface area contributed by atoms with Crippen molar-refractivity contribution >= 4 is 17.2 Å². The van der Waals surface area contributed by atoms with Crippen molar-refractivity contribution in [3.05, 3.63) is 34.0 Å². The molecule has 1 aliphatic carbocycles. The molecular weight excluding hydrogens is 320 g/mol. The van der Waals surface area contributed by atoms with Crippen LogP contribution < -0.4 is 5.73 Å². The number of hydrogen-bond acceptors (Lipinski definition) is 5. The summed E-state index contributed by atoms with van der Waals surface area (Å²) < 4.78 is 0. The normalized spacial score (nSPS) is 18.7. The molecule has 126 valence electrons. The van der Waals surface area contributed by atoms with Crippen molar-refractivity contribution in [3.63, 3.8) is 0 Å². The molecule has 1 fully saturated rings. The number of nitrogens with zero attached hydrogens (tertiary/aromatic N) is 3. The van der Waals surface area contributed by atoms with E-state index in [4.69, 9.17) is 10.7 Å². The van der Waals surface area contributed by atoms with Crippen molar-refractivity contribution in [1.29, 1.82) is 0 Å². The first-order chi connectivity index (χ1) is 11.6. The molecule has 3 heterocycles. The monoisotopic (exact) mass is 342 g/mol. The van der Waals surface area contributed by atoms with Crippen molar-refractivity contribution in [2.75, 3.05) is 13.1 Å². The minimum Gasteiger partial charge on any atom is -0.366 e. The molecule has 0 spiro atoms. The van der Waals surface area contributed by atoms with E-state index in [0.717, 1.165) is 42.7 Å². The van der Waals surface area contributed by atoms with Gasteiger partial charge >= 0.3 is 0 Å². The molecule has 2 N–H and O–H groups in total. The predicted molar refractivity (Wildman–Crippen MR) is 95.2 cm³/mol. The van der Waals surface area contributed by atoms with E-state index in [9.17, 15) is 4.79 Å². The summed E-state index contributed by atoms with van der Waals surface area (Å²) in [5.74, 6) is -0.433. The zero-order valence-corrected chi connectivity index (χ0v) is 14.7. The Morgan fingerprint density at radius 3 is 2.71 bits per heavy atom. The van der Waals surface area contributed by atoms with Gasteiger partial charge in [0.1, 0.15) is 5.01 Å². The maximum Gasteiger partial charge on any atom is 0.250 e. The molecule has 6 heteroatoms. The maximum absolute atomic E-state index is 11.3. The van der Waals surface area contributed by atoms with Gasteiger partial charge in [0, 0.05) is 30.4 Å². The Morgan fingerprint density at radius 2 is 2.04 bits per heavy atom. The van der Waals surface area contributed by atoms with Crippen LogP contribution in [0.15, 0.2) is 12.1 Å². The number of carbonyl (C=O) groups excluding carboxylic acids is 1. The molecule has 2 aliphatic rings. The molecule has 4 rings (SSSR count). The number of amides is 1. The molecule has 0 atom stereocenters. The predicted octanol–water partition coefficient (Wildman–Crippen LogP) is 2.57. The Balaban J connectivity index is 1.55. The van der Waals surface area contributed by atoms with Crippen LogP contribution in [0.25, 0.3) is 10.7 Å². The van der Waals surface area contributed by atoms with E-state index >= 15 is 0 Å². The molecule has 0 aromatic carbocycles. The van der Waals surface area contributed by atoms with Gasteiger partial charge < -0.3 is 5.73 Å². The Morgan fingerprint density at radius 1 is 1.25 bits per heavy atom. The lowest BCUT2D eigenvalue weighted by molar-refractivity contribution is 0.0999. The van der Waals surface area contributed by atoms with Crippen LogP contribution in [-0.2, 0) is 12.8 Å². The lowest BCUT2D eigenvalue weighted by Gasteiger charge is -2.36. The number of fused-ring (bicyclic) bond motifs is 1. The highest BCUT2D eigenvalue weighted by Gasteiger charge is 2.27. The van der Waals surface area contributed by atoms with Crippen LogP contribution in [0.2, 0.25) is 0 Å². The molecule has 0 radical (unpaired) electrons. The highest BCUT2D eigenvalue weighted by atomic mass is 32.1. The van der Waals surface area contributed by atoms with Crippen molar-refractivity contribution in [2.24, 2.45) is 5.73 Å². The lowest BCUT2D eigenvalue weighted by atomic mass is 9.91. The molecule has 0 saturated heterocycles. The number of hydrogen-bond donors (Lipinski definition) is 1. The van der Waals surface area contributed by atoms with Crippen molar-refractivity contribution in [3.8, 4) is 10.7 Å². The average molecular weight is 342 g/mol. The van der Waals surface area contributed by atoms with Crippen molar-refractivity contribution in [1.82, 2.24) is 14.9 Å². The van der Waals surface area contributed by atoms with Gasteiger partial charge in [-0.1, -0.05) is 6.42 Å². The van der Waals surface area contributed by atoms with Gasteiger partial charge in [0.05, 0.1) is 22.6 Å². The van der Waals surface area contributed by atoms with Crippen LogP contribution in [0.4, 0.5) is 0 Å². The molecule has 2 aromatic heterocycles. The first kappa shape index (κ1) is 15.7. The Labute approximate surface area is 145 Å². The zero-order chi connectivity index (χ0) is 16.7. The Hall–Kier alpha value is -1.79. The lowest BCUT2D eigenvalue weighted by Crippen LogP contribution is -2.41. The highest BCUT2D eigenvalue weighted by Crippen LogP contribution is 2.32. The van der Waals surface area contributed by atoms with Crippen LogP contribution in [0.1, 0.15) is 45.9 Å². The molecule has 1 saturated carbocycles. The molecule has 24 heavy (non-hydrogen) atoms. The fourth-order valence-corrected chi connectivity index (χ4v) is 4.61. The summed E-state index contributed by atoms with van der Waals surface area (Å²) in [7, 11) is 0. The van der Waals surface area contributed by atoms with E-state index < -0.39 is 5.91 Å². The van der Waals surface area contributed by atoms with Gasteiger partial charge in [-0.25, -0.2) is 9.97 Å². The summed E-state index contributed by atoms with van der Waals surface area (Å²) >= 11 is 1.75. The van der Waals surface area contributed by atoms with E-state index in [2.05, 4.69) is 9.88 Å². The average Bonchev–Trinajstić information content (AvgIpc) is 2.82. The van der Waals surface area contributed by atoms with Crippen molar-refractivity contribution in [2.45, 2.75) is 45.1 Å².